The van der Waals surface area contributed by atoms with Crippen LogP contribution < -0.4 is 10.5 Å². The van der Waals surface area contributed by atoms with Crippen LogP contribution in [0.1, 0.15) is 11.1 Å². The molecule has 3 aromatic rings. The van der Waals surface area contributed by atoms with Crippen molar-refractivity contribution < 1.29 is 14.8 Å². The highest BCUT2D eigenvalue weighted by Gasteiger charge is 2.20. The van der Waals surface area contributed by atoms with Crippen LogP contribution in [0.15, 0.2) is 28.9 Å². The second-order valence-corrected chi connectivity index (χ2v) is 7.25. The molecule has 3 N–H and O–H groups in total. The Morgan fingerprint density at radius 2 is 2.03 bits per heavy atom. The summed E-state index contributed by atoms with van der Waals surface area (Å²) >= 11 is 8.75. The van der Waals surface area contributed by atoms with E-state index in [1.54, 1.807) is 27.3 Å². The first kappa shape index (κ1) is 22.4. The lowest BCUT2D eigenvalue weighted by molar-refractivity contribution is -0.385. The van der Waals surface area contributed by atoms with Gasteiger partial charge in [0.05, 0.1) is 34.5 Å². The number of phenols is 1. The molecule has 0 fully saturated rings. The summed E-state index contributed by atoms with van der Waals surface area (Å²) in [5.41, 5.74) is 9.37. The molecule has 2 aromatic carbocycles. The third-order valence-corrected chi connectivity index (χ3v) is 5.34. The number of methoxy groups -OCH3 is 1. The van der Waals surface area contributed by atoms with Crippen LogP contribution in [0.5, 0.6) is 11.5 Å². The van der Waals surface area contributed by atoms with Crippen molar-refractivity contribution in [3.63, 3.8) is 0 Å². The number of nitrogens with two attached hydrogens (primary N) is 1. The van der Waals surface area contributed by atoms with E-state index in [9.17, 15) is 15.2 Å². The number of nitro benzene ring substituents is 1. The SMILES string of the molecule is COc1c(N)ccc(C)c1-c1cnn(C)n1.Cc1c(Br)cc([N+](=O)[O-])c(O)c1Cl. The Morgan fingerprint density at radius 3 is 2.55 bits per heavy atom. The smallest absolute Gasteiger partial charge is 0.313 e. The molecule has 0 aliphatic heterocycles. The number of hydrogen-bond donors (Lipinski definition) is 2. The summed E-state index contributed by atoms with van der Waals surface area (Å²) in [6.07, 6.45) is 1.70. The largest absolute Gasteiger partial charge is 0.501 e. The lowest BCUT2D eigenvalue weighted by atomic mass is 10.0. The van der Waals surface area contributed by atoms with Gasteiger partial charge in [-0.05, 0) is 31.0 Å². The fourth-order valence-corrected chi connectivity index (χ4v) is 3.25. The molecule has 3 rings (SSSR count). The van der Waals surface area contributed by atoms with Crippen LogP contribution in [0.3, 0.4) is 0 Å². The van der Waals surface area contributed by atoms with Crippen LogP contribution in [0.25, 0.3) is 11.3 Å². The number of nitrogens with zero attached hydrogens (tertiary/aromatic N) is 4. The van der Waals surface area contributed by atoms with Crippen molar-refractivity contribution in [2.45, 2.75) is 13.8 Å². The van der Waals surface area contributed by atoms with Gasteiger partial charge in [0.15, 0.2) is 5.75 Å². The first-order valence-electron chi connectivity index (χ1n) is 8.20. The van der Waals surface area contributed by atoms with E-state index in [2.05, 4.69) is 26.1 Å². The minimum atomic E-state index is -0.689. The quantitative estimate of drug-likeness (QED) is 0.320. The average molecular weight is 485 g/mol. The number of aryl methyl sites for hydroxylation is 2. The van der Waals surface area contributed by atoms with Gasteiger partial charge in [0.25, 0.3) is 0 Å². The number of nitrogen functional groups attached to an aromatic ring is 1. The van der Waals surface area contributed by atoms with Gasteiger partial charge < -0.3 is 15.6 Å². The standard InChI is InChI=1S/C11H14N4O.C7H5BrClNO3/c1-7-4-5-8(12)11(16-3)10(7)9-6-13-15(2)14-9;1-3-4(8)2-5(10(12)13)7(11)6(3)9/h4-6H,12H2,1-3H3;2,11H,1H3. The maximum atomic E-state index is 10.4. The third kappa shape index (κ3) is 4.77. The molecule has 1 aromatic heterocycles. The molecule has 0 aliphatic carbocycles. The lowest BCUT2D eigenvalue weighted by Crippen LogP contribution is -1.98. The highest BCUT2D eigenvalue weighted by atomic mass is 79.9. The van der Waals surface area contributed by atoms with Gasteiger partial charge in [-0.2, -0.15) is 15.0 Å². The zero-order chi connectivity index (χ0) is 21.9. The zero-order valence-corrected chi connectivity index (χ0v) is 18.4. The molecule has 0 bridgehead atoms. The van der Waals surface area contributed by atoms with Crippen LogP contribution >= 0.6 is 27.5 Å². The summed E-state index contributed by atoms with van der Waals surface area (Å²) in [5, 5.41) is 28.0. The number of halogens is 2. The molecule has 0 radical (unpaired) electrons. The maximum Gasteiger partial charge on any atom is 0.313 e. The van der Waals surface area contributed by atoms with E-state index in [-0.39, 0.29) is 5.02 Å². The number of rotatable bonds is 3. The van der Waals surface area contributed by atoms with Gasteiger partial charge >= 0.3 is 5.69 Å². The van der Waals surface area contributed by atoms with E-state index in [0.29, 0.717) is 21.5 Å². The first-order chi connectivity index (χ1) is 13.6. The topological polar surface area (TPSA) is 129 Å². The van der Waals surface area contributed by atoms with Gasteiger partial charge in [0, 0.05) is 17.6 Å². The molecular formula is C18H19BrClN5O4. The number of phenolic OH excluding ortho intramolecular Hbond substituents is 1. The highest BCUT2D eigenvalue weighted by molar-refractivity contribution is 9.10. The van der Waals surface area contributed by atoms with Crippen LogP contribution in [-0.4, -0.2) is 32.1 Å². The summed E-state index contributed by atoms with van der Waals surface area (Å²) in [7, 11) is 3.38. The van der Waals surface area contributed by atoms with Gasteiger partial charge in [-0.25, -0.2) is 0 Å². The average Bonchev–Trinajstić information content (AvgIpc) is 3.10. The second-order valence-electron chi connectivity index (χ2n) is 6.02. The van der Waals surface area contributed by atoms with Crippen molar-refractivity contribution in [1.29, 1.82) is 0 Å². The first-order valence-corrected chi connectivity index (χ1v) is 9.37. The molecule has 0 atom stereocenters. The number of benzene rings is 2. The number of aromatic hydroxyl groups is 1. The maximum absolute atomic E-state index is 10.4. The molecule has 154 valence electrons. The molecule has 11 heteroatoms. The number of anilines is 1. The molecule has 0 spiro atoms. The summed E-state index contributed by atoms with van der Waals surface area (Å²) in [6, 6.07) is 4.99. The Bertz CT molecular complexity index is 1070. The van der Waals surface area contributed by atoms with Crippen molar-refractivity contribution in [3.05, 3.63) is 55.1 Å². The van der Waals surface area contributed by atoms with Gasteiger partial charge in [0.2, 0.25) is 5.75 Å². The molecule has 9 nitrogen and oxygen atoms in total. The van der Waals surface area contributed by atoms with Crippen molar-refractivity contribution in [1.82, 2.24) is 15.0 Å². The summed E-state index contributed by atoms with van der Waals surface area (Å²) < 4.78 is 5.82. The van der Waals surface area contributed by atoms with E-state index in [4.69, 9.17) is 22.1 Å². The van der Waals surface area contributed by atoms with Crippen LogP contribution in [0.2, 0.25) is 5.02 Å². The Kier molecular flexibility index (Phi) is 7.04. The minimum absolute atomic E-state index is 0.000995. The van der Waals surface area contributed by atoms with Crippen molar-refractivity contribution in [2.24, 2.45) is 7.05 Å². The molecule has 0 amide bonds. The van der Waals surface area contributed by atoms with E-state index in [0.717, 1.165) is 16.8 Å². The third-order valence-electron chi connectivity index (χ3n) is 4.05. The van der Waals surface area contributed by atoms with Crippen molar-refractivity contribution in [3.8, 4) is 22.8 Å². The minimum Gasteiger partial charge on any atom is -0.501 e. The summed E-state index contributed by atoms with van der Waals surface area (Å²) in [4.78, 5) is 11.2. The molecule has 1 heterocycles. The fraction of sp³-hybridized carbons (Fsp3) is 0.222. The zero-order valence-electron chi connectivity index (χ0n) is 16.1. The monoisotopic (exact) mass is 483 g/mol. The Labute approximate surface area is 180 Å². The van der Waals surface area contributed by atoms with Crippen LogP contribution in [0, 0.1) is 24.0 Å². The van der Waals surface area contributed by atoms with E-state index in [1.165, 1.54) is 10.9 Å². The molecule has 0 saturated carbocycles. The van der Waals surface area contributed by atoms with Gasteiger partial charge in [-0.1, -0.05) is 33.6 Å². The number of hydrogen-bond acceptors (Lipinski definition) is 7. The van der Waals surface area contributed by atoms with Crippen molar-refractivity contribution >= 4 is 38.9 Å². The van der Waals surface area contributed by atoms with E-state index >= 15 is 0 Å². The van der Waals surface area contributed by atoms with E-state index < -0.39 is 16.4 Å². The molecule has 0 aliphatic rings. The molecule has 0 saturated heterocycles. The predicted octanol–water partition coefficient (Wildman–Crippen LogP) is 4.41. The number of nitro groups is 1. The Morgan fingerprint density at radius 1 is 1.38 bits per heavy atom. The molecular weight excluding hydrogens is 466 g/mol. The van der Waals surface area contributed by atoms with Crippen molar-refractivity contribution in [2.75, 3.05) is 12.8 Å². The van der Waals surface area contributed by atoms with Gasteiger partial charge in [-0.15, -0.1) is 0 Å². The predicted molar refractivity (Wildman–Crippen MR) is 114 cm³/mol. The lowest BCUT2D eigenvalue weighted by Gasteiger charge is -2.11. The normalized spacial score (nSPS) is 10.3. The van der Waals surface area contributed by atoms with Crippen LogP contribution in [0.4, 0.5) is 11.4 Å². The van der Waals surface area contributed by atoms with Gasteiger partial charge in [-0.3, -0.25) is 10.1 Å². The highest BCUT2D eigenvalue weighted by Crippen LogP contribution is 2.40. The van der Waals surface area contributed by atoms with Gasteiger partial charge in [0.1, 0.15) is 5.69 Å². The van der Waals surface area contributed by atoms with E-state index in [1.807, 2.05) is 19.1 Å². The Hall–Kier alpha value is -2.85. The number of aromatic nitrogens is 3. The fourth-order valence-electron chi connectivity index (χ4n) is 2.53. The van der Waals surface area contributed by atoms with Crippen LogP contribution in [-0.2, 0) is 7.05 Å². The molecule has 29 heavy (non-hydrogen) atoms. The summed E-state index contributed by atoms with van der Waals surface area (Å²) in [5.74, 6) is 0.160. The second kappa shape index (κ2) is 9.10. The number of ether oxygens (including phenoxy) is 1. The molecule has 0 unspecified atom stereocenters. The summed E-state index contributed by atoms with van der Waals surface area (Å²) in [6.45, 7) is 3.64. The Balaban J connectivity index is 0.000000212.